The quantitative estimate of drug-likeness (QED) is 0.482. The molecule has 0 aliphatic heterocycles. The number of hydrogen-bond donors (Lipinski definition) is 0. The molecule has 78 valence electrons. The average Bonchev–Trinajstić information content (AvgIpc) is 2.08. The van der Waals surface area contributed by atoms with Crippen molar-refractivity contribution < 1.29 is 0 Å². The highest BCUT2D eigenvalue weighted by Gasteiger charge is 1.95. The fourth-order valence-corrected chi connectivity index (χ4v) is 0.664. The number of allylic oxidation sites excluding steroid dienone is 1. The molecule has 0 rings (SSSR count). The molecule has 0 aliphatic carbocycles. The van der Waals surface area contributed by atoms with Gasteiger partial charge in [0.2, 0.25) is 0 Å². The Morgan fingerprint density at radius 2 is 1.92 bits per heavy atom. The molecule has 0 spiro atoms. The van der Waals surface area contributed by atoms with Crippen molar-refractivity contribution in [3.63, 3.8) is 0 Å². The zero-order chi connectivity index (χ0) is 10.9. The van der Waals surface area contributed by atoms with E-state index in [1.54, 1.807) is 0 Å². The summed E-state index contributed by atoms with van der Waals surface area (Å²) in [7, 11) is 0. The van der Waals surface area contributed by atoms with Crippen molar-refractivity contribution in [3.8, 4) is 0 Å². The van der Waals surface area contributed by atoms with Gasteiger partial charge in [-0.2, -0.15) is 5.10 Å². The van der Waals surface area contributed by atoms with Gasteiger partial charge in [-0.3, -0.25) is 5.01 Å². The Hall–Kier alpha value is -0.790. The van der Waals surface area contributed by atoms with Gasteiger partial charge in [-0.15, -0.1) is 0 Å². The first kappa shape index (κ1) is 14.7. The van der Waals surface area contributed by atoms with Crippen molar-refractivity contribution in [1.82, 2.24) is 5.01 Å². The predicted molar refractivity (Wildman–Crippen MR) is 61.9 cm³/mol. The van der Waals surface area contributed by atoms with Crippen molar-refractivity contribution in [1.29, 1.82) is 0 Å². The van der Waals surface area contributed by atoms with E-state index in [9.17, 15) is 0 Å². The van der Waals surface area contributed by atoms with Gasteiger partial charge in [0.15, 0.2) is 0 Å². The summed E-state index contributed by atoms with van der Waals surface area (Å²) in [6.07, 6.45) is 1.93. The summed E-state index contributed by atoms with van der Waals surface area (Å²) in [6, 6.07) is 0. The second kappa shape index (κ2) is 9.30. The molecule has 0 unspecified atom stereocenters. The summed E-state index contributed by atoms with van der Waals surface area (Å²) in [4.78, 5) is 0. The molecule has 0 bridgehead atoms. The molecule has 0 amide bonds. The van der Waals surface area contributed by atoms with Crippen molar-refractivity contribution >= 4 is 6.21 Å². The highest BCUT2D eigenvalue weighted by atomic mass is 15.4. The van der Waals surface area contributed by atoms with Gasteiger partial charge in [0.25, 0.3) is 0 Å². The molecule has 0 saturated heterocycles. The third-order valence-corrected chi connectivity index (χ3v) is 1.24. The molecule has 0 atom stereocenters. The maximum absolute atomic E-state index is 4.25. The first-order chi connectivity index (χ1) is 6.07. The van der Waals surface area contributed by atoms with Crippen LogP contribution in [0, 0.1) is 5.92 Å². The topological polar surface area (TPSA) is 15.6 Å². The largest absolute Gasteiger partial charge is 0.271 e. The zero-order valence-corrected chi connectivity index (χ0v) is 9.96. The Kier molecular flexibility index (Phi) is 10.5. The third kappa shape index (κ3) is 9.12. The molecule has 0 heterocycles. The van der Waals surface area contributed by atoms with E-state index in [-0.39, 0.29) is 0 Å². The lowest BCUT2D eigenvalue weighted by Crippen LogP contribution is -2.14. The van der Waals surface area contributed by atoms with Crippen molar-refractivity contribution in [3.05, 3.63) is 12.3 Å². The third-order valence-electron chi connectivity index (χ3n) is 1.24. The summed E-state index contributed by atoms with van der Waals surface area (Å²) in [5, 5.41) is 6.14. The molecule has 2 heteroatoms. The van der Waals surface area contributed by atoms with E-state index in [2.05, 4.69) is 32.5 Å². The van der Waals surface area contributed by atoms with Crippen LogP contribution in [0.15, 0.2) is 17.4 Å². The average molecular weight is 184 g/mol. The summed E-state index contributed by atoms with van der Waals surface area (Å²) in [5.41, 5.74) is 0.990. The SMILES string of the molecule is C=C(C)N(CC)/N=C\C(C)C.CC. The number of rotatable bonds is 4. The molecular weight excluding hydrogens is 160 g/mol. The molecule has 0 saturated carbocycles. The molecule has 0 aromatic heterocycles. The second-order valence-corrected chi connectivity index (χ2v) is 2.96. The zero-order valence-electron chi connectivity index (χ0n) is 9.96. The Balaban J connectivity index is 0. The minimum atomic E-state index is 0.503. The smallest absolute Gasteiger partial charge is 0.0383 e. The molecule has 13 heavy (non-hydrogen) atoms. The first-order valence-electron chi connectivity index (χ1n) is 5.05. The second-order valence-electron chi connectivity index (χ2n) is 2.96. The van der Waals surface area contributed by atoms with Crippen molar-refractivity contribution in [2.24, 2.45) is 11.0 Å². The standard InChI is InChI=1S/C9H18N2.C2H6/c1-6-11(9(4)5)10-7-8(2)3;1-2/h7-8H,4,6H2,1-3,5H3;1-2H3/b10-7-;. The summed E-state index contributed by atoms with van der Waals surface area (Å²) < 4.78 is 0. The van der Waals surface area contributed by atoms with E-state index >= 15 is 0 Å². The van der Waals surface area contributed by atoms with E-state index in [1.807, 2.05) is 32.0 Å². The van der Waals surface area contributed by atoms with Gasteiger partial charge < -0.3 is 0 Å². The normalized spacial score (nSPS) is 9.77. The Morgan fingerprint density at radius 3 is 2.15 bits per heavy atom. The van der Waals surface area contributed by atoms with Crippen molar-refractivity contribution in [2.75, 3.05) is 6.54 Å². The van der Waals surface area contributed by atoms with Gasteiger partial charge in [-0.05, 0) is 19.8 Å². The lowest BCUT2D eigenvalue weighted by atomic mass is 10.3. The molecule has 0 aromatic rings. The summed E-state index contributed by atoms with van der Waals surface area (Å²) in [6.45, 7) is 16.9. The van der Waals surface area contributed by atoms with Crippen LogP contribution in [0.1, 0.15) is 41.5 Å². The maximum Gasteiger partial charge on any atom is 0.0383 e. The van der Waals surface area contributed by atoms with Gasteiger partial charge in [-0.25, -0.2) is 0 Å². The van der Waals surface area contributed by atoms with Crippen LogP contribution in [0.25, 0.3) is 0 Å². The highest BCUT2D eigenvalue weighted by Crippen LogP contribution is 2.00. The van der Waals surface area contributed by atoms with E-state index in [0.29, 0.717) is 5.92 Å². The summed E-state index contributed by atoms with van der Waals surface area (Å²) >= 11 is 0. The molecule has 2 nitrogen and oxygen atoms in total. The fourth-order valence-electron chi connectivity index (χ4n) is 0.664. The molecule has 0 aromatic carbocycles. The molecule has 0 aliphatic rings. The molecule has 0 fully saturated rings. The Bertz CT molecular complexity index is 148. The Morgan fingerprint density at radius 1 is 1.46 bits per heavy atom. The molecular formula is C11H24N2. The van der Waals surface area contributed by atoms with Gasteiger partial charge in [0, 0.05) is 18.5 Å². The van der Waals surface area contributed by atoms with E-state index in [0.717, 1.165) is 12.2 Å². The lowest BCUT2D eigenvalue weighted by molar-refractivity contribution is 0.387. The van der Waals surface area contributed by atoms with Gasteiger partial charge in [-0.1, -0.05) is 34.3 Å². The van der Waals surface area contributed by atoms with Crippen LogP contribution in [0.4, 0.5) is 0 Å². The Labute approximate surface area is 83.3 Å². The van der Waals surface area contributed by atoms with E-state index < -0.39 is 0 Å². The number of hydrogen-bond acceptors (Lipinski definition) is 2. The van der Waals surface area contributed by atoms with Gasteiger partial charge in [0.05, 0.1) is 0 Å². The molecule has 0 radical (unpaired) electrons. The minimum absolute atomic E-state index is 0.503. The lowest BCUT2D eigenvalue weighted by Gasteiger charge is -2.16. The van der Waals surface area contributed by atoms with Crippen molar-refractivity contribution in [2.45, 2.75) is 41.5 Å². The number of nitrogens with zero attached hydrogens (tertiary/aromatic N) is 2. The molecule has 0 N–H and O–H groups in total. The monoisotopic (exact) mass is 184 g/mol. The van der Waals surface area contributed by atoms with Crippen LogP contribution in [0.3, 0.4) is 0 Å². The summed E-state index contributed by atoms with van der Waals surface area (Å²) in [5.74, 6) is 0.503. The highest BCUT2D eigenvalue weighted by molar-refractivity contribution is 5.59. The van der Waals surface area contributed by atoms with Crippen LogP contribution in [-0.4, -0.2) is 17.8 Å². The number of hydrazone groups is 1. The van der Waals surface area contributed by atoms with E-state index in [4.69, 9.17) is 0 Å². The van der Waals surface area contributed by atoms with Crippen LogP contribution in [-0.2, 0) is 0 Å². The maximum atomic E-state index is 4.25. The van der Waals surface area contributed by atoms with Gasteiger partial charge >= 0.3 is 0 Å². The van der Waals surface area contributed by atoms with Crippen LogP contribution < -0.4 is 0 Å². The fraction of sp³-hybridized carbons (Fsp3) is 0.727. The van der Waals surface area contributed by atoms with Crippen LogP contribution >= 0.6 is 0 Å². The van der Waals surface area contributed by atoms with Gasteiger partial charge in [0.1, 0.15) is 0 Å². The first-order valence-corrected chi connectivity index (χ1v) is 5.05. The minimum Gasteiger partial charge on any atom is -0.271 e. The van der Waals surface area contributed by atoms with Crippen LogP contribution in [0.2, 0.25) is 0 Å². The van der Waals surface area contributed by atoms with E-state index in [1.165, 1.54) is 0 Å². The predicted octanol–water partition coefficient (Wildman–Crippen LogP) is 3.51. The van der Waals surface area contributed by atoms with Crippen LogP contribution in [0.5, 0.6) is 0 Å².